The van der Waals surface area contributed by atoms with Gasteiger partial charge < -0.3 is 5.11 Å². The molecule has 2 heteroatoms. The van der Waals surface area contributed by atoms with Gasteiger partial charge in [-0.2, -0.15) is 0 Å². The van der Waals surface area contributed by atoms with Gasteiger partial charge in [0.2, 0.25) is 0 Å². The van der Waals surface area contributed by atoms with E-state index in [0.717, 1.165) is 10.5 Å². The molecule has 0 heterocycles. The summed E-state index contributed by atoms with van der Waals surface area (Å²) in [5.41, 5.74) is 0.294. The van der Waals surface area contributed by atoms with Crippen LogP contribution in [0.15, 0.2) is 29.2 Å². The van der Waals surface area contributed by atoms with Gasteiger partial charge in [0.1, 0.15) is 0 Å². The molecule has 0 aliphatic rings. The summed E-state index contributed by atoms with van der Waals surface area (Å²) in [4.78, 5) is 1.16. The van der Waals surface area contributed by atoms with Crippen LogP contribution in [0.5, 0.6) is 0 Å². The molecule has 78 valence electrons. The lowest BCUT2D eigenvalue weighted by atomic mass is 9.85. The number of hydrogen-bond donors (Lipinski definition) is 1. The Morgan fingerprint density at radius 2 is 1.86 bits per heavy atom. The van der Waals surface area contributed by atoms with Crippen molar-refractivity contribution in [2.45, 2.75) is 31.3 Å². The molecule has 0 spiro atoms. The van der Waals surface area contributed by atoms with E-state index in [9.17, 15) is 5.11 Å². The molecular formula is C12H18OS. The highest BCUT2D eigenvalue weighted by molar-refractivity contribution is 7.98. The topological polar surface area (TPSA) is 20.2 Å². The van der Waals surface area contributed by atoms with E-state index < -0.39 is 5.60 Å². The summed E-state index contributed by atoms with van der Waals surface area (Å²) in [6, 6.07) is 8.04. The molecular weight excluding hydrogens is 192 g/mol. The van der Waals surface area contributed by atoms with Gasteiger partial charge >= 0.3 is 0 Å². The Morgan fingerprint density at radius 3 is 2.36 bits per heavy atom. The van der Waals surface area contributed by atoms with E-state index in [1.165, 1.54) is 0 Å². The summed E-state index contributed by atoms with van der Waals surface area (Å²) in [7, 11) is 0. The van der Waals surface area contributed by atoms with Crippen LogP contribution in [0.1, 0.15) is 26.3 Å². The second-order valence-electron chi connectivity index (χ2n) is 4.00. The quantitative estimate of drug-likeness (QED) is 0.773. The van der Waals surface area contributed by atoms with Gasteiger partial charge in [-0.3, -0.25) is 0 Å². The lowest BCUT2D eigenvalue weighted by molar-refractivity contribution is 0.00656. The fourth-order valence-corrected chi connectivity index (χ4v) is 2.08. The fraction of sp³-hybridized carbons (Fsp3) is 0.500. The highest BCUT2D eigenvalue weighted by atomic mass is 32.2. The summed E-state index contributed by atoms with van der Waals surface area (Å²) >= 11 is 1.68. The van der Waals surface area contributed by atoms with E-state index in [-0.39, 0.29) is 5.92 Å². The lowest BCUT2D eigenvalue weighted by Crippen LogP contribution is -2.28. The molecule has 0 radical (unpaired) electrons. The van der Waals surface area contributed by atoms with Crippen molar-refractivity contribution in [3.8, 4) is 0 Å². The normalized spacial score (nSPS) is 15.6. The Morgan fingerprint density at radius 1 is 1.29 bits per heavy atom. The lowest BCUT2D eigenvalue weighted by Gasteiger charge is -2.29. The summed E-state index contributed by atoms with van der Waals surface area (Å²) in [5.74, 6) is 0.218. The van der Waals surface area contributed by atoms with Crippen LogP contribution in [-0.2, 0) is 5.60 Å². The van der Waals surface area contributed by atoms with Gasteiger partial charge in [0.05, 0.1) is 5.60 Å². The van der Waals surface area contributed by atoms with Gasteiger partial charge in [-0.1, -0.05) is 32.0 Å². The average molecular weight is 210 g/mol. The highest BCUT2D eigenvalue weighted by Gasteiger charge is 2.29. The highest BCUT2D eigenvalue weighted by Crippen LogP contribution is 2.34. The molecule has 0 aliphatic heterocycles. The third-order valence-corrected chi connectivity index (χ3v) is 3.57. The molecule has 0 aliphatic carbocycles. The third kappa shape index (κ3) is 2.12. The summed E-state index contributed by atoms with van der Waals surface area (Å²) < 4.78 is 0. The Hall–Kier alpha value is -0.470. The smallest absolute Gasteiger partial charge is 0.0902 e. The Kier molecular flexibility index (Phi) is 3.62. The van der Waals surface area contributed by atoms with Crippen molar-refractivity contribution in [2.75, 3.05) is 6.26 Å². The molecule has 1 atom stereocenters. The van der Waals surface area contributed by atoms with Crippen molar-refractivity contribution in [1.82, 2.24) is 0 Å². The summed E-state index contributed by atoms with van der Waals surface area (Å²) in [6.45, 7) is 5.96. The van der Waals surface area contributed by atoms with Gasteiger partial charge in [-0.15, -0.1) is 11.8 Å². The zero-order chi connectivity index (χ0) is 10.8. The van der Waals surface area contributed by atoms with Crippen LogP contribution in [0.4, 0.5) is 0 Å². The molecule has 0 unspecified atom stereocenters. The standard InChI is InChI=1S/C12H18OS/c1-9(2)12(3,13)10-7-5-6-8-11(10)14-4/h5-9,13H,1-4H3/t12-/m1/s1. The Balaban J connectivity index is 3.17. The van der Waals surface area contributed by atoms with E-state index >= 15 is 0 Å². The zero-order valence-electron chi connectivity index (χ0n) is 9.24. The molecule has 0 aromatic heterocycles. The maximum absolute atomic E-state index is 10.4. The molecule has 0 amide bonds. The van der Waals surface area contributed by atoms with Crippen molar-refractivity contribution in [3.05, 3.63) is 29.8 Å². The zero-order valence-corrected chi connectivity index (χ0v) is 10.1. The third-order valence-electron chi connectivity index (χ3n) is 2.78. The molecule has 0 bridgehead atoms. The number of hydrogen-bond acceptors (Lipinski definition) is 2. The van der Waals surface area contributed by atoms with E-state index in [2.05, 4.69) is 6.07 Å². The number of benzene rings is 1. The largest absolute Gasteiger partial charge is 0.385 e. The van der Waals surface area contributed by atoms with Crippen LogP contribution in [0.3, 0.4) is 0 Å². The molecule has 1 nitrogen and oxygen atoms in total. The Labute approximate surface area is 90.5 Å². The van der Waals surface area contributed by atoms with E-state index in [4.69, 9.17) is 0 Å². The SMILES string of the molecule is CSc1ccccc1[C@](C)(O)C(C)C. The predicted molar refractivity (Wildman–Crippen MR) is 62.6 cm³/mol. The van der Waals surface area contributed by atoms with Crippen LogP contribution in [0, 0.1) is 5.92 Å². The minimum atomic E-state index is -0.737. The first-order valence-corrected chi connectivity index (χ1v) is 6.08. The second kappa shape index (κ2) is 4.37. The van der Waals surface area contributed by atoms with Crippen LogP contribution in [0.2, 0.25) is 0 Å². The van der Waals surface area contributed by atoms with Crippen molar-refractivity contribution in [2.24, 2.45) is 5.92 Å². The monoisotopic (exact) mass is 210 g/mol. The first kappa shape index (κ1) is 11.6. The van der Waals surface area contributed by atoms with Crippen molar-refractivity contribution < 1.29 is 5.11 Å². The second-order valence-corrected chi connectivity index (χ2v) is 4.85. The Bertz CT molecular complexity index is 305. The predicted octanol–water partition coefficient (Wildman–Crippen LogP) is 3.27. The maximum atomic E-state index is 10.4. The van der Waals surface area contributed by atoms with Crippen molar-refractivity contribution in [1.29, 1.82) is 0 Å². The van der Waals surface area contributed by atoms with Crippen LogP contribution in [-0.4, -0.2) is 11.4 Å². The van der Waals surface area contributed by atoms with Gasteiger partial charge in [0, 0.05) is 4.90 Å². The summed E-state index contributed by atoms with van der Waals surface area (Å²) in [6.07, 6.45) is 2.04. The van der Waals surface area contributed by atoms with E-state index in [0.29, 0.717) is 0 Å². The van der Waals surface area contributed by atoms with E-state index in [1.54, 1.807) is 11.8 Å². The summed E-state index contributed by atoms with van der Waals surface area (Å²) in [5, 5.41) is 10.4. The number of thioether (sulfide) groups is 1. The molecule has 14 heavy (non-hydrogen) atoms. The molecule has 0 fully saturated rings. The molecule has 1 rings (SSSR count). The van der Waals surface area contributed by atoms with E-state index in [1.807, 2.05) is 45.2 Å². The fourth-order valence-electron chi connectivity index (χ4n) is 1.37. The van der Waals surface area contributed by atoms with Crippen LogP contribution >= 0.6 is 11.8 Å². The molecule has 1 aromatic carbocycles. The van der Waals surface area contributed by atoms with Gasteiger partial charge in [-0.25, -0.2) is 0 Å². The van der Waals surface area contributed by atoms with Crippen LogP contribution in [0.25, 0.3) is 0 Å². The minimum absolute atomic E-state index is 0.218. The minimum Gasteiger partial charge on any atom is -0.385 e. The van der Waals surface area contributed by atoms with Crippen molar-refractivity contribution >= 4 is 11.8 Å². The number of aliphatic hydroxyl groups is 1. The van der Waals surface area contributed by atoms with Gasteiger partial charge in [-0.05, 0) is 30.7 Å². The van der Waals surface area contributed by atoms with Gasteiger partial charge in [0.15, 0.2) is 0 Å². The van der Waals surface area contributed by atoms with Crippen molar-refractivity contribution in [3.63, 3.8) is 0 Å². The van der Waals surface area contributed by atoms with Gasteiger partial charge in [0.25, 0.3) is 0 Å². The number of rotatable bonds is 3. The average Bonchev–Trinajstić information content (AvgIpc) is 2.17. The first-order chi connectivity index (χ1) is 6.50. The first-order valence-electron chi connectivity index (χ1n) is 4.86. The maximum Gasteiger partial charge on any atom is 0.0902 e. The molecule has 0 saturated carbocycles. The molecule has 1 aromatic rings. The van der Waals surface area contributed by atoms with Crippen LogP contribution < -0.4 is 0 Å². The molecule has 1 N–H and O–H groups in total. The molecule has 0 saturated heterocycles.